The Kier molecular flexibility index (Phi) is 4.01. The van der Waals surface area contributed by atoms with E-state index in [2.05, 4.69) is 0 Å². The lowest BCUT2D eigenvalue weighted by molar-refractivity contribution is 0.144. The first-order valence-corrected chi connectivity index (χ1v) is 8.45. The van der Waals surface area contributed by atoms with Crippen LogP contribution in [0.15, 0.2) is 59.4 Å². The Hall–Kier alpha value is -3.05. The molecule has 5 nitrogen and oxygen atoms in total. The Labute approximate surface area is 154 Å². The quantitative estimate of drug-likeness (QED) is 0.679. The monoisotopic (exact) mass is 367 g/mol. The largest absolute Gasteiger partial charge is 0.511 e. The summed E-state index contributed by atoms with van der Waals surface area (Å²) in [6.45, 7) is 0.444. The minimum atomic E-state index is -1.43. The highest BCUT2D eigenvalue weighted by molar-refractivity contribution is 6.30. The molecular formula is C20H14ClNO4. The van der Waals surface area contributed by atoms with Gasteiger partial charge in [-0.15, -0.1) is 0 Å². The van der Waals surface area contributed by atoms with Crippen molar-refractivity contribution in [3.8, 4) is 28.1 Å². The average molecular weight is 368 g/mol. The lowest BCUT2D eigenvalue weighted by atomic mass is 9.95. The molecule has 130 valence electrons. The molecule has 0 unspecified atom stereocenters. The molecule has 0 saturated carbocycles. The molecule has 0 fully saturated rings. The molecule has 0 amide bonds. The van der Waals surface area contributed by atoms with Gasteiger partial charge in [0.2, 0.25) is 0 Å². The van der Waals surface area contributed by atoms with Gasteiger partial charge in [0.1, 0.15) is 0 Å². The highest BCUT2D eigenvalue weighted by Crippen LogP contribution is 2.38. The fourth-order valence-corrected chi connectivity index (χ4v) is 3.52. The van der Waals surface area contributed by atoms with E-state index in [0.717, 1.165) is 11.1 Å². The first kappa shape index (κ1) is 16.4. The van der Waals surface area contributed by atoms with Crippen molar-refractivity contribution in [3.63, 3.8) is 0 Å². The second-order valence-corrected chi connectivity index (χ2v) is 6.45. The predicted molar refractivity (Wildman–Crippen MR) is 98.9 cm³/mol. The molecule has 1 aliphatic rings. The van der Waals surface area contributed by atoms with E-state index >= 15 is 0 Å². The van der Waals surface area contributed by atoms with Crippen LogP contribution in [0.25, 0.3) is 22.4 Å². The fraction of sp³-hybridized carbons (Fsp3) is 0.100. The molecule has 1 N–H and O–H groups in total. The van der Waals surface area contributed by atoms with Gasteiger partial charge < -0.3 is 14.4 Å². The summed E-state index contributed by atoms with van der Waals surface area (Å²) in [5.41, 5.74) is 3.08. The molecule has 26 heavy (non-hydrogen) atoms. The number of benzene rings is 2. The lowest BCUT2D eigenvalue weighted by Gasteiger charge is -2.24. The molecule has 0 atom stereocenters. The van der Waals surface area contributed by atoms with Gasteiger partial charge in [-0.25, -0.2) is 4.79 Å². The number of carboxylic acid groups (broad SMARTS) is 1. The van der Waals surface area contributed by atoms with E-state index < -0.39 is 6.16 Å². The molecule has 2 heterocycles. The van der Waals surface area contributed by atoms with Crippen LogP contribution in [-0.4, -0.2) is 15.8 Å². The van der Waals surface area contributed by atoms with Crippen LogP contribution in [0.2, 0.25) is 5.02 Å². The summed E-state index contributed by atoms with van der Waals surface area (Å²) in [7, 11) is 0. The normalized spacial score (nSPS) is 12.2. The van der Waals surface area contributed by atoms with Gasteiger partial charge in [-0.2, -0.15) is 0 Å². The number of aryl methyl sites for hydroxylation is 1. The number of halogens is 1. The minimum Gasteiger partial charge on any atom is -0.449 e. The Morgan fingerprint density at radius 3 is 2.58 bits per heavy atom. The summed E-state index contributed by atoms with van der Waals surface area (Å²) >= 11 is 6.12. The molecule has 1 aliphatic heterocycles. The van der Waals surface area contributed by atoms with Crippen molar-refractivity contribution < 1.29 is 14.6 Å². The molecule has 0 bridgehead atoms. The maximum Gasteiger partial charge on any atom is 0.511 e. The van der Waals surface area contributed by atoms with Gasteiger partial charge in [-0.05, 0) is 35.7 Å². The lowest BCUT2D eigenvalue weighted by Crippen LogP contribution is -2.28. The van der Waals surface area contributed by atoms with Crippen LogP contribution < -0.4 is 10.3 Å². The van der Waals surface area contributed by atoms with Crippen LogP contribution in [0.5, 0.6) is 5.75 Å². The minimum absolute atomic E-state index is 0.124. The zero-order chi connectivity index (χ0) is 18.3. The average Bonchev–Trinajstić information content (AvgIpc) is 2.63. The summed E-state index contributed by atoms with van der Waals surface area (Å²) in [6.07, 6.45) is -0.774. The molecule has 4 rings (SSSR count). The van der Waals surface area contributed by atoms with Crippen molar-refractivity contribution in [1.82, 2.24) is 4.57 Å². The Balaban J connectivity index is 2.03. The molecule has 0 spiro atoms. The number of rotatable bonds is 2. The second kappa shape index (κ2) is 6.35. The van der Waals surface area contributed by atoms with E-state index in [1.807, 2.05) is 36.4 Å². The highest BCUT2D eigenvalue weighted by Gasteiger charge is 2.25. The van der Waals surface area contributed by atoms with Crippen molar-refractivity contribution in [1.29, 1.82) is 0 Å². The Morgan fingerprint density at radius 1 is 1.08 bits per heavy atom. The molecule has 0 saturated heterocycles. The van der Waals surface area contributed by atoms with E-state index in [-0.39, 0.29) is 11.3 Å². The summed E-state index contributed by atoms with van der Waals surface area (Å²) < 4.78 is 6.61. The number of pyridine rings is 1. The molecule has 6 heteroatoms. The van der Waals surface area contributed by atoms with Gasteiger partial charge in [0.15, 0.2) is 5.75 Å². The number of aromatic nitrogens is 1. The van der Waals surface area contributed by atoms with Crippen LogP contribution in [0, 0.1) is 0 Å². The fourth-order valence-electron chi connectivity index (χ4n) is 3.35. The zero-order valence-corrected chi connectivity index (χ0v) is 14.4. The first-order valence-electron chi connectivity index (χ1n) is 8.07. The number of hydrogen-bond donors (Lipinski definition) is 1. The van der Waals surface area contributed by atoms with Crippen molar-refractivity contribution >= 4 is 17.8 Å². The van der Waals surface area contributed by atoms with E-state index in [0.29, 0.717) is 34.8 Å². The second-order valence-electron chi connectivity index (χ2n) is 6.01. The first-order chi connectivity index (χ1) is 12.5. The zero-order valence-electron chi connectivity index (χ0n) is 13.6. The summed E-state index contributed by atoms with van der Waals surface area (Å²) in [6, 6.07) is 16.0. The summed E-state index contributed by atoms with van der Waals surface area (Å²) in [5, 5.41) is 9.68. The number of hydrogen-bond acceptors (Lipinski definition) is 3. The number of nitrogens with zero attached hydrogens (tertiary/aromatic N) is 1. The van der Waals surface area contributed by atoms with Crippen LogP contribution in [0.1, 0.15) is 5.56 Å². The molecule has 2 aromatic carbocycles. The highest BCUT2D eigenvalue weighted by atomic mass is 35.5. The third-order valence-electron chi connectivity index (χ3n) is 4.47. The van der Waals surface area contributed by atoms with Crippen molar-refractivity contribution in [2.45, 2.75) is 13.0 Å². The predicted octanol–water partition coefficient (Wildman–Crippen LogP) is 4.45. The van der Waals surface area contributed by atoms with E-state index in [9.17, 15) is 9.59 Å². The SMILES string of the molecule is O=C(O)Oc1cc(-c2ccccc2)c(=O)n2c1-c1cc(Cl)ccc1CC2. The van der Waals surface area contributed by atoms with E-state index in [1.54, 1.807) is 16.7 Å². The topological polar surface area (TPSA) is 68.5 Å². The number of ether oxygens (including phenoxy) is 1. The van der Waals surface area contributed by atoms with Crippen LogP contribution in [0.4, 0.5) is 4.79 Å². The molecule has 1 aromatic heterocycles. The Morgan fingerprint density at radius 2 is 1.85 bits per heavy atom. The summed E-state index contributed by atoms with van der Waals surface area (Å²) in [4.78, 5) is 24.3. The third kappa shape index (κ3) is 2.76. The molecular weight excluding hydrogens is 354 g/mol. The van der Waals surface area contributed by atoms with Crippen LogP contribution >= 0.6 is 11.6 Å². The van der Waals surface area contributed by atoms with Gasteiger partial charge in [0.05, 0.1) is 11.3 Å². The van der Waals surface area contributed by atoms with E-state index in [4.69, 9.17) is 21.4 Å². The molecule has 0 radical (unpaired) electrons. The third-order valence-corrected chi connectivity index (χ3v) is 4.70. The summed E-state index contributed by atoms with van der Waals surface area (Å²) in [5.74, 6) is 0.124. The van der Waals surface area contributed by atoms with Gasteiger partial charge in [-0.1, -0.05) is 48.0 Å². The van der Waals surface area contributed by atoms with Gasteiger partial charge >= 0.3 is 6.16 Å². The van der Waals surface area contributed by atoms with Crippen LogP contribution in [0.3, 0.4) is 0 Å². The maximum absolute atomic E-state index is 13.1. The smallest absolute Gasteiger partial charge is 0.449 e. The van der Waals surface area contributed by atoms with Crippen LogP contribution in [-0.2, 0) is 13.0 Å². The maximum atomic E-state index is 13.1. The molecule has 3 aromatic rings. The number of fused-ring (bicyclic) bond motifs is 3. The van der Waals surface area contributed by atoms with Crippen molar-refractivity contribution in [3.05, 3.63) is 75.5 Å². The van der Waals surface area contributed by atoms with Gasteiger partial charge in [0, 0.05) is 17.1 Å². The molecule has 0 aliphatic carbocycles. The van der Waals surface area contributed by atoms with Crippen molar-refractivity contribution in [2.75, 3.05) is 0 Å². The standard InChI is InChI=1S/C20H14ClNO4/c21-14-7-6-13-8-9-22-18(15(13)10-14)17(26-20(24)25)11-16(19(22)23)12-4-2-1-3-5-12/h1-7,10-11H,8-9H2,(H,24,25). The number of carbonyl (C=O) groups is 1. The van der Waals surface area contributed by atoms with Crippen molar-refractivity contribution in [2.24, 2.45) is 0 Å². The van der Waals surface area contributed by atoms with Gasteiger partial charge in [0.25, 0.3) is 5.56 Å². The Bertz CT molecular complexity index is 1070. The van der Waals surface area contributed by atoms with E-state index in [1.165, 1.54) is 6.07 Å². The van der Waals surface area contributed by atoms with Gasteiger partial charge in [-0.3, -0.25) is 4.79 Å².